The second-order valence-electron chi connectivity index (χ2n) is 8.92. The van der Waals surface area contributed by atoms with Crippen molar-refractivity contribution < 1.29 is 23.6 Å². The molecule has 0 N–H and O–H groups in total. The molecule has 9 heteroatoms. The smallest absolute Gasteiger partial charge is 0.266 e. The maximum absolute atomic E-state index is 13.8. The van der Waals surface area contributed by atoms with Gasteiger partial charge in [0.1, 0.15) is 29.2 Å². The fraction of sp³-hybridized carbons (Fsp3) is 0.172. The van der Waals surface area contributed by atoms with Gasteiger partial charge in [0.25, 0.3) is 5.91 Å². The van der Waals surface area contributed by atoms with Gasteiger partial charge in [0.15, 0.2) is 6.10 Å². The second kappa shape index (κ2) is 9.83. The summed E-state index contributed by atoms with van der Waals surface area (Å²) in [6.45, 7) is 2.40. The van der Waals surface area contributed by atoms with E-state index in [0.29, 0.717) is 50.9 Å². The zero-order valence-electron chi connectivity index (χ0n) is 20.2. The summed E-state index contributed by atoms with van der Waals surface area (Å²) in [5, 5.41) is 2.58. The second-order valence-corrected chi connectivity index (χ2v) is 9.77. The molecule has 3 atom stereocenters. The standard InChI is InChI=1S/C29H22Cl2N2O5/c1-2-36-20-11-9-18(10-12-20)32-28(34)25-26(33(38-27(25)29(32)35)19-6-4-3-5-7-19)24-15-14-23(37-24)21-16-17(30)8-13-22(21)31/h3-16,25-27H,2H2,1H3/t25-,26+,27-/m1/s1. The summed E-state index contributed by atoms with van der Waals surface area (Å²) in [5.74, 6) is -0.0272. The van der Waals surface area contributed by atoms with Gasteiger partial charge in [-0.25, -0.2) is 9.96 Å². The number of carbonyl (C=O) groups is 2. The van der Waals surface area contributed by atoms with Crippen molar-refractivity contribution in [3.05, 3.63) is 101 Å². The molecule has 2 amide bonds. The Hall–Kier alpha value is -3.78. The van der Waals surface area contributed by atoms with Gasteiger partial charge in [-0.3, -0.25) is 14.4 Å². The Bertz CT molecular complexity index is 1510. The lowest BCUT2D eigenvalue weighted by Crippen LogP contribution is -2.37. The van der Waals surface area contributed by atoms with Crippen molar-refractivity contribution in [2.24, 2.45) is 5.92 Å². The van der Waals surface area contributed by atoms with E-state index in [0.717, 1.165) is 0 Å². The highest BCUT2D eigenvalue weighted by Crippen LogP contribution is 2.48. The number of halogens is 2. The maximum atomic E-state index is 13.8. The molecule has 0 aliphatic carbocycles. The lowest BCUT2D eigenvalue weighted by molar-refractivity contribution is -0.126. The van der Waals surface area contributed by atoms with Crippen molar-refractivity contribution in [2.45, 2.75) is 19.1 Å². The number of fused-ring (bicyclic) bond motifs is 1. The highest BCUT2D eigenvalue weighted by atomic mass is 35.5. The number of imide groups is 1. The number of anilines is 2. The molecule has 192 valence electrons. The fourth-order valence-electron chi connectivity index (χ4n) is 4.96. The lowest BCUT2D eigenvalue weighted by atomic mass is 9.94. The third-order valence-electron chi connectivity index (χ3n) is 6.64. The van der Waals surface area contributed by atoms with Crippen LogP contribution in [-0.2, 0) is 14.4 Å². The molecule has 2 saturated heterocycles. The Kier molecular flexibility index (Phi) is 6.35. The Morgan fingerprint density at radius 1 is 0.868 bits per heavy atom. The van der Waals surface area contributed by atoms with Crippen LogP contribution < -0.4 is 14.7 Å². The maximum Gasteiger partial charge on any atom is 0.266 e. The summed E-state index contributed by atoms with van der Waals surface area (Å²) in [7, 11) is 0. The highest BCUT2D eigenvalue weighted by molar-refractivity contribution is 6.35. The minimum Gasteiger partial charge on any atom is -0.494 e. The number of carbonyl (C=O) groups excluding carboxylic acids is 2. The van der Waals surface area contributed by atoms with Gasteiger partial charge in [0.2, 0.25) is 5.91 Å². The number of para-hydroxylation sites is 1. The summed E-state index contributed by atoms with van der Waals surface area (Å²) in [6, 6.07) is 24.1. The van der Waals surface area contributed by atoms with E-state index in [-0.39, 0.29) is 5.91 Å². The third-order valence-corrected chi connectivity index (χ3v) is 7.21. The van der Waals surface area contributed by atoms with Gasteiger partial charge in [-0.15, -0.1) is 0 Å². The number of hydroxylamine groups is 1. The van der Waals surface area contributed by atoms with E-state index < -0.39 is 24.0 Å². The van der Waals surface area contributed by atoms with Crippen molar-refractivity contribution in [3.63, 3.8) is 0 Å². The first-order valence-electron chi connectivity index (χ1n) is 12.1. The van der Waals surface area contributed by atoms with Crippen LogP contribution in [-0.4, -0.2) is 24.5 Å². The molecule has 0 bridgehead atoms. The van der Waals surface area contributed by atoms with Crippen molar-refractivity contribution in [3.8, 4) is 17.1 Å². The van der Waals surface area contributed by atoms with Crippen LogP contribution in [0.2, 0.25) is 10.0 Å². The number of furan rings is 1. The van der Waals surface area contributed by atoms with Crippen molar-refractivity contribution >= 4 is 46.4 Å². The molecule has 4 aromatic rings. The van der Waals surface area contributed by atoms with Gasteiger partial charge in [-0.05, 0) is 73.7 Å². The Labute approximate surface area is 229 Å². The first-order valence-corrected chi connectivity index (χ1v) is 12.9. The number of nitrogens with zero attached hydrogens (tertiary/aromatic N) is 2. The zero-order chi connectivity index (χ0) is 26.4. The number of benzene rings is 3. The van der Waals surface area contributed by atoms with E-state index in [1.54, 1.807) is 59.7 Å². The molecule has 2 aliphatic heterocycles. The van der Waals surface area contributed by atoms with E-state index in [1.807, 2.05) is 37.3 Å². The number of amides is 2. The molecule has 0 radical (unpaired) electrons. The predicted molar refractivity (Wildman–Crippen MR) is 144 cm³/mol. The Morgan fingerprint density at radius 2 is 1.63 bits per heavy atom. The minimum atomic E-state index is -1.01. The SMILES string of the molecule is CCOc1ccc(N2C(=O)[C@H]3[C@@H](ON(c4ccccc4)[C@H]3c3ccc(-c4cc(Cl)ccc4Cl)o3)C2=O)cc1. The highest BCUT2D eigenvalue weighted by Gasteiger charge is 2.61. The summed E-state index contributed by atoms with van der Waals surface area (Å²) < 4.78 is 11.7. The lowest BCUT2D eigenvalue weighted by Gasteiger charge is -2.27. The summed E-state index contributed by atoms with van der Waals surface area (Å²) in [6.07, 6.45) is -1.01. The van der Waals surface area contributed by atoms with Crippen molar-refractivity contribution in [1.82, 2.24) is 0 Å². The number of rotatable bonds is 6. The number of hydrogen-bond acceptors (Lipinski definition) is 6. The van der Waals surface area contributed by atoms with Gasteiger partial charge >= 0.3 is 0 Å². The van der Waals surface area contributed by atoms with Crippen molar-refractivity contribution in [2.75, 3.05) is 16.6 Å². The molecule has 0 spiro atoms. The molecular weight excluding hydrogens is 527 g/mol. The van der Waals surface area contributed by atoms with Crippen LogP contribution >= 0.6 is 23.2 Å². The monoisotopic (exact) mass is 548 g/mol. The molecule has 0 saturated carbocycles. The largest absolute Gasteiger partial charge is 0.494 e. The molecule has 6 rings (SSSR count). The average molecular weight is 549 g/mol. The Balaban J connectivity index is 1.39. The average Bonchev–Trinajstić information content (AvgIpc) is 3.62. The molecule has 1 aromatic heterocycles. The zero-order valence-corrected chi connectivity index (χ0v) is 21.7. The van der Waals surface area contributed by atoms with Gasteiger partial charge in [-0.2, -0.15) is 0 Å². The molecule has 38 heavy (non-hydrogen) atoms. The number of ether oxygens (including phenoxy) is 1. The molecular formula is C29H22Cl2N2O5. The van der Waals surface area contributed by atoms with E-state index in [4.69, 9.17) is 37.2 Å². The molecule has 2 aliphatic rings. The fourth-order valence-corrected chi connectivity index (χ4v) is 5.34. The van der Waals surface area contributed by atoms with Crippen LogP contribution in [0.4, 0.5) is 11.4 Å². The van der Waals surface area contributed by atoms with Gasteiger partial charge in [-0.1, -0.05) is 41.4 Å². The predicted octanol–water partition coefficient (Wildman–Crippen LogP) is 6.70. The van der Waals surface area contributed by atoms with Crippen LogP contribution in [0.25, 0.3) is 11.3 Å². The van der Waals surface area contributed by atoms with Crippen LogP contribution in [0.3, 0.4) is 0 Å². The molecule has 3 heterocycles. The normalized spacial score (nSPS) is 20.8. The van der Waals surface area contributed by atoms with E-state index in [9.17, 15) is 9.59 Å². The van der Waals surface area contributed by atoms with E-state index in [1.165, 1.54) is 4.90 Å². The van der Waals surface area contributed by atoms with Gasteiger partial charge < -0.3 is 9.15 Å². The van der Waals surface area contributed by atoms with Crippen LogP contribution in [0.5, 0.6) is 5.75 Å². The van der Waals surface area contributed by atoms with E-state index >= 15 is 0 Å². The van der Waals surface area contributed by atoms with E-state index in [2.05, 4.69) is 0 Å². The Morgan fingerprint density at radius 3 is 2.37 bits per heavy atom. The summed E-state index contributed by atoms with van der Waals surface area (Å²) >= 11 is 12.6. The quantitative estimate of drug-likeness (QED) is 0.249. The minimum absolute atomic E-state index is 0.369. The molecule has 0 unspecified atom stereocenters. The summed E-state index contributed by atoms with van der Waals surface area (Å²) in [4.78, 5) is 34.7. The van der Waals surface area contributed by atoms with Crippen molar-refractivity contribution in [1.29, 1.82) is 0 Å². The summed E-state index contributed by atoms with van der Waals surface area (Å²) in [5.41, 5.74) is 1.77. The van der Waals surface area contributed by atoms with Gasteiger partial charge in [0.05, 0.1) is 23.0 Å². The van der Waals surface area contributed by atoms with Crippen LogP contribution in [0.15, 0.2) is 89.3 Å². The molecule has 3 aromatic carbocycles. The van der Waals surface area contributed by atoms with Crippen LogP contribution in [0, 0.1) is 5.92 Å². The molecule has 2 fully saturated rings. The molecule has 7 nitrogen and oxygen atoms in total. The first kappa shape index (κ1) is 24.6. The van der Waals surface area contributed by atoms with Gasteiger partial charge in [0, 0.05) is 10.6 Å². The topological polar surface area (TPSA) is 72.2 Å². The third kappa shape index (κ3) is 4.13. The first-order chi connectivity index (χ1) is 18.5. The number of hydrogen-bond donors (Lipinski definition) is 0. The van der Waals surface area contributed by atoms with Crippen LogP contribution in [0.1, 0.15) is 18.7 Å².